The summed E-state index contributed by atoms with van der Waals surface area (Å²) in [5.41, 5.74) is 2.86. The molecule has 0 spiro atoms. The number of benzene rings is 1. The van der Waals surface area contributed by atoms with Crippen LogP contribution in [0.4, 0.5) is 0 Å². The third-order valence-corrected chi connectivity index (χ3v) is 4.77. The van der Waals surface area contributed by atoms with Crippen LogP contribution < -0.4 is 5.32 Å². The molecule has 1 aromatic carbocycles. The molecule has 1 aliphatic heterocycles. The molecule has 2 aromatic rings. The van der Waals surface area contributed by atoms with Gasteiger partial charge in [0.25, 0.3) is 0 Å². The number of pyridine rings is 1. The predicted molar refractivity (Wildman–Crippen MR) is 96.7 cm³/mol. The van der Waals surface area contributed by atoms with Crippen LogP contribution in [-0.2, 0) is 6.54 Å². The van der Waals surface area contributed by atoms with E-state index in [2.05, 4.69) is 21.3 Å². The first kappa shape index (κ1) is 17.6. The molecule has 1 aliphatic rings. The number of aliphatic hydroxyl groups is 1. The van der Waals surface area contributed by atoms with Crippen LogP contribution in [0.3, 0.4) is 0 Å². The normalized spacial score (nSPS) is 17.1. The molecular formula is C20H24N4O. The van der Waals surface area contributed by atoms with E-state index in [9.17, 15) is 5.11 Å². The fourth-order valence-corrected chi connectivity index (χ4v) is 3.22. The molecule has 0 bridgehead atoms. The summed E-state index contributed by atoms with van der Waals surface area (Å²) < 4.78 is 0. The summed E-state index contributed by atoms with van der Waals surface area (Å²) in [7, 11) is 0. The first-order valence-corrected chi connectivity index (χ1v) is 8.77. The van der Waals surface area contributed by atoms with Gasteiger partial charge in [-0.1, -0.05) is 12.1 Å². The molecule has 5 heteroatoms. The Balaban J connectivity index is 1.40. The van der Waals surface area contributed by atoms with E-state index in [4.69, 9.17) is 5.26 Å². The number of aliphatic hydroxyl groups excluding tert-OH is 1. The third-order valence-electron chi connectivity index (χ3n) is 4.77. The molecule has 2 N–H and O–H groups in total. The summed E-state index contributed by atoms with van der Waals surface area (Å²) in [6, 6.07) is 14.1. The molecule has 1 aromatic heterocycles. The Morgan fingerprint density at radius 2 is 1.84 bits per heavy atom. The fourth-order valence-electron chi connectivity index (χ4n) is 3.22. The molecule has 2 heterocycles. The average molecular weight is 336 g/mol. The minimum absolute atomic E-state index is 0.453. The smallest absolute Gasteiger partial charge is 0.0991 e. The second-order valence-corrected chi connectivity index (χ2v) is 6.56. The van der Waals surface area contributed by atoms with Gasteiger partial charge >= 0.3 is 0 Å². The van der Waals surface area contributed by atoms with Crippen LogP contribution in [0.25, 0.3) is 0 Å². The van der Waals surface area contributed by atoms with Gasteiger partial charge in [-0.25, -0.2) is 0 Å². The summed E-state index contributed by atoms with van der Waals surface area (Å²) >= 11 is 0. The maximum atomic E-state index is 10.2. The van der Waals surface area contributed by atoms with E-state index in [1.165, 1.54) is 5.56 Å². The van der Waals surface area contributed by atoms with Gasteiger partial charge in [-0.3, -0.25) is 9.88 Å². The minimum atomic E-state index is -0.486. The monoisotopic (exact) mass is 336 g/mol. The van der Waals surface area contributed by atoms with Gasteiger partial charge in [-0.2, -0.15) is 5.26 Å². The van der Waals surface area contributed by atoms with E-state index < -0.39 is 6.10 Å². The Hall–Kier alpha value is -2.26. The van der Waals surface area contributed by atoms with Crippen molar-refractivity contribution in [3.63, 3.8) is 0 Å². The van der Waals surface area contributed by atoms with Crippen LogP contribution in [0, 0.1) is 11.3 Å². The molecule has 1 atom stereocenters. The molecule has 1 unspecified atom stereocenters. The van der Waals surface area contributed by atoms with E-state index in [1.807, 2.05) is 36.4 Å². The van der Waals surface area contributed by atoms with Crippen molar-refractivity contribution in [3.05, 3.63) is 65.5 Å². The van der Waals surface area contributed by atoms with Crippen molar-refractivity contribution in [2.24, 2.45) is 0 Å². The molecule has 0 amide bonds. The van der Waals surface area contributed by atoms with Gasteiger partial charge in [-0.05, 0) is 61.3 Å². The zero-order chi connectivity index (χ0) is 17.5. The first-order chi connectivity index (χ1) is 12.2. The number of nitrogens with zero attached hydrogens (tertiary/aromatic N) is 3. The summed E-state index contributed by atoms with van der Waals surface area (Å²) in [6.45, 7) is 3.59. The van der Waals surface area contributed by atoms with Crippen LogP contribution in [0.5, 0.6) is 0 Å². The molecule has 3 rings (SSSR count). The van der Waals surface area contributed by atoms with E-state index in [-0.39, 0.29) is 0 Å². The summed E-state index contributed by atoms with van der Waals surface area (Å²) in [5, 5.41) is 22.6. The lowest BCUT2D eigenvalue weighted by Gasteiger charge is -2.33. The van der Waals surface area contributed by atoms with Crippen LogP contribution >= 0.6 is 0 Å². The zero-order valence-electron chi connectivity index (χ0n) is 14.3. The lowest BCUT2D eigenvalue weighted by molar-refractivity contribution is 0.149. The van der Waals surface area contributed by atoms with Gasteiger partial charge in [-0.15, -0.1) is 0 Å². The van der Waals surface area contributed by atoms with E-state index in [0.29, 0.717) is 18.2 Å². The molecule has 5 nitrogen and oxygen atoms in total. The Labute approximate surface area is 148 Å². The maximum Gasteiger partial charge on any atom is 0.0991 e. The van der Waals surface area contributed by atoms with Crippen molar-refractivity contribution in [1.82, 2.24) is 15.2 Å². The van der Waals surface area contributed by atoms with E-state index in [0.717, 1.165) is 38.0 Å². The van der Waals surface area contributed by atoms with Gasteiger partial charge in [0, 0.05) is 31.5 Å². The SMILES string of the molecule is N#Cc1ccc(CN2CCC(NCC(O)c3ccncc3)CC2)cc1. The lowest BCUT2D eigenvalue weighted by atomic mass is 10.0. The minimum Gasteiger partial charge on any atom is -0.387 e. The highest BCUT2D eigenvalue weighted by Crippen LogP contribution is 2.16. The summed E-state index contributed by atoms with van der Waals surface area (Å²) in [5.74, 6) is 0. The molecule has 25 heavy (non-hydrogen) atoms. The number of nitriles is 1. The Bertz CT molecular complexity index is 688. The first-order valence-electron chi connectivity index (χ1n) is 8.77. The standard InChI is InChI=1S/C20H24N4O/c21-13-16-1-3-17(4-2-16)15-24-11-7-19(8-12-24)23-14-20(25)18-5-9-22-10-6-18/h1-6,9-10,19-20,23,25H,7-8,11-12,14-15H2. The van der Waals surface area contributed by atoms with Gasteiger partial charge in [0.15, 0.2) is 0 Å². The quantitative estimate of drug-likeness (QED) is 0.846. The fraction of sp³-hybridized carbons (Fsp3) is 0.400. The Morgan fingerprint density at radius 1 is 1.16 bits per heavy atom. The molecular weight excluding hydrogens is 312 g/mol. The van der Waals surface area contributed by atoms with Gasteiger partial charge in [0.1, 0.15) is 0 Å². The molecule has 0 radical (unpaired) electrons. The summed E-state index contributed by atoms with van der Waals surface area (Å²) in [6.07, 6.45) is 5.10. The Morgan fingerprint density at radius 3 is 2.48 bits per heavy atom. The number of hydrogen-bond acceptors (Lipinski definition) is 5. The van der Waals surface area contributed by atoms with Crippen LogP contribution in [0.2, 0.25) is 0 Å². The van der Waals surface area contributed by atoms with E-state index >= 15 is 0 Å². The number of rotatable bonds is 6. The van der Waals surface area contributed by atoms with Crippen LogP contribution in [-0.4, -0.2) is 40.7 Å². The second kappa shape index (κ2) is 8.72. The van der Waals surface area contributed by atoms with E-state index in [1.54, 1.807) is 12.4 Å². The van der Waals surface area contributed by atoms with Crippen molar-refractivity contribution in [2.75, 3.05) is 19.6 Å². The van der Waals surface area contributed by atoms with Crippen molar-refractivity contribution < 1.29 is 5.11 Å². The number of likely N-dealkylation sites (tertiary alicyclic amines) is 1. The van der Waals surface area contributed by atoms with Crippen molar-refractivity contribution >= 4 is 0 Å². The zero-order valence-corrected chi connectivity index (χ0v) is 14.3. The van der Waals surface area contributed by atoms with Gasteiger partial charge in [0.05, 0.1) is 17.7 Å². The highest BCUT2D eigenvalue weighted by molar-refractivity contribution is 5.31. The molecule has 130 valence electrons. The van der Waals surface area contributed by atoms with Crippen LogP contribution in [0.15, 0.2) is 48.8 Å². The number of nitrogens with one attached hydrogen (secondary N) is 1. The highest BCUT2D eigenvalue weighted by Gasteiger charge is 2.20. The van der Waals surface area contributed by atoms with Crippen molar-refractivity contribution in [3.8, 4) is 6.07 Å². The molecule has 0 aliphatic carbocycles. The third kappa shape index (κ3) is 5.10. The molecule has 1 fully saturated rings. The number of aromatic nitrogens is 1. The molecule has 1 saturated heterocycles. The number of piperidine rings is 1. The maximum absolute atomic E-state index is 10.2. The van der Waals surface area contributed by atoms with Crippen molar-refractivity contribution in [2.45, 2.75) is 31.5 Å². The lowest BCUT2D eigenvalue weighted by Crippen LogP contribution is -2.43. The topological polar surface area (TPSA) is 72.2 Å². The molecule has 0 saturated carbocycles. The van der Waals surface area contributed by atoms with Gasteiger partial charge in [0.2, 0.25) is 0 Å². The Kier molecular flexibility index (Phi) is 6.13. The van der Waals surface area contributed by atoms with Crippen LogP contribution in [0.1, 0.15) is 35.6 Å². The number of hydrogen-bond donors (Lipinski definition) is 2. The average Bonchev–Trinajstić information content (AvgIpc) is 2.68. The second-order valence-electron chi connectivity index (χ2n) is 6.56. The largest absolute Gasteiger partial charge is 0.387 e. The predicted octanol–water partition coefficient (Wildman–Crippen LogP) is 2.24. The highest BCUT2D eigenvalue weighted by atomic mass is 16.3. The summed E-state index contributed by atoms with van der Waals surface area (Å²) in [4.78, 5) is 6.42. The van der Waals surface area contributed by atoms with Gasteiger partial charge < -0.3 is 10.4 Å². The van der Waals surface area contributed by atoms with Crippen molar-refractivity contribution in [1.29, 1.82) is 5.26 Å².